The Bertz CT molecular complexity index is 1260. The highest BCUT2D eigenvalue weighted by Gasteiger charge is 2.20. The van der Waals surface area contributed by atoms with Gasteiger partial charge in [0.1, 0.15) is 6.61 Å². The highest BCUT2D eigenvalue weighted by molar-refractivity contribution is 7.92. The summed E-state index contributed by atoms with van der Waals surface area (Å²) < 4.78 is 34.1. The maximum absolute atomic E-state index is 12.9. The van der Waals surface area contributed by atoms with Crippen LogP contribution >= 0.6 is 0 Å². The minimum Gasteiger partial charge on any atom is -0.470 e. The molecule has 0 spiro atoms. The summed E-state index contributed by atoms with van der Waals surface area (Å²) in [6, 6.07) is 17.5. The average Bonchev–Trinajstić information content (AvgIpc) is 2.73. The quantitative estimate of drug-likeness (QED) is 0.525. The molecule has 0 radical (unpaired) electrons. The van der Waals surface area contributed by atoms with Gasteiger partial charge in [0.25, 0.3) is 15.9 Å². The molecule has 0 atom stereocenters. The van der Waals surface area contributed by atoms with Gasteiger partial charge >= 0.3 is 0 Å². The molecule has 0 fully saturated rings. The summed E-state index contributed by atoms with van der Waals surface area (Å²) in [5, 5.41) is 0. The molecule has 8 heteroatoms. The summed E-state index contributed by atoms with van der Waals surface area (Å²) in [5.74, 6) is 0.149. The summed E-state index contributed by atoms with van der Waals surface area (Å²) in [4.78, 5) is 13.0. The summed E-state index contributed by atoms with van der Waals surface area (Å²) in [7, 11) is -3.85. The van der Waals surface area contributed by atoms with Crippen LogP contribution < -0.4 is 9.46 Å². The van der Waals surface area contributed by atoms with Crippen LogP contribution in [0.25, 0.3) is 11.0 Å². The predicted octanol–water partition coefficient (Wildman–Crippen LogP) is 3.71. The number of hydrogen-bond donors (Lipinski definition) is 1. The molecule has 4 rings (SSSR count). The van der Waals surface area contributed by atoms with Crippen LogP contribution in [-0.4, -0.2) is 23.4 Å². The van der Waals surface area contributed by atoms with Crippen molar-refractivity contribution in [3.8, 4) is 5.88 Å². The molecule has 0 amide bonds. The van der Waals surface area contributed by atoms with Gasteiger partial charge in [-0.25, -0.2) is 18.4 Å². The fourth-order valence-electron chi connectivity index (χ4n) is 2.75. The van der Waals surface area contributed by atoms with Gasteiger partial charge in [-0.3, -0.25) is 9.71 Å². The van der Waals surface area contributed by atoms with Crippen LogP contribution in [-0.2, 0) is 16.6 Å². The van der Waals surface area contributed by atoms with Gasteiger partial charge in [0, 0.05) is 12.4 Å². The predicted molar refractivity (Wildman–Crippen MR) is 110 cm³/mol. The van der Waals surface area contributed by atoms with Crippen molar-refractivity contribution in [1.29, 1.82) is 0 Å². The minimum atomic E-state index is -3.85. The number of fused-ring (bicyclic) bond motifs is 1. The first-order valence-corrected chi connectivity index (χ1v) is 10.4. The number of nitrogens with zero attached hydrogens (tertiary/aromatic N) is 3. The van der Waals surface area contributed by atoms with E-state index in [1.165, 1.54) is 6.07 Å². The second kappa shape index (κ2) is 7.84. The fourth-order valence-corrected chi connectivity index (χ4v) is 3.85. The number of ether oxygens (including phenoxy) is 1. The van der Waals surface area contributed by atoms with E-state index in [1.807, 2.05) is 37.3 Å². The van der Waals surface area contributed by atoms with Crippen molar-refractivity contribution < 1.29 is 13.2 Å². The SMILES string of the molecule is Cc1cccc(S(=O)(=O)Nc2nc3ccccc3nc2OCc2ccncc2)c1. The monoisotopic (exact) mass is 406 g/mol. The van der Waals surface area contributed by atoms with Crippen LogP contribution in [0.4, 0.5) is 5.82 Å². The number of rotatable bonds is 6. The van der Waals surface area contributed by atoms with Crippen LogP contribution in [0.1, 0.15) is 11.1 Å². The summed E-state index contributed by atoms with van der Waals surface area (Å²) in [6.45, 7) is 2.03. The van der Waals surface area contributed by atoms with Crippen molar-refractivity contribution in [3.05, 3.63) is 84.2 Å². The molecule has 0 saturated heterocycles. The van der Waals surface area contributed by atoms with Gasteiger partial charge in [0.2, 0.25) is 5.82 Å². The van der Waals surface area contributed by atoms with E-state index in [0.717, 1.165) is 11.1 Å². The van der Waals surface area contributed by atoms with Crippen LogP contribution in [0.2, 0.25) is 0 Å². The van der Waals surface area contributed by atoms with E-state index in [9.17, 15) is 8.42 Å². The molecule has 4 aromatic rings. The average molecular weight is 406 g/mol. The molecule has 1 N–H and O–H groups in total. The number of aryl methyl sites for hydroxylation is 1. The number of benzene rings is 2. The Morgan fingerprint density at radius 1 is 0.931 bits per heavy atom. The largest absolute Gasteiger partial charge is 0.470 e. The first-order chi connectivity index (χ1) is 14.0. The molecule has 2 aromatic heterocycles. The fraction of sp³-hybridized carbons (Fsp3) is 0.0952. The molecule has 0 unspecified atom stereocenters. The Hall–Kier alpha value is -3.52. The number of aromatic nitrogens is 3. The summed E-state index contributed by atoms with van der Waals surface area (Å²) in [6.07, 6.45) is 3.32. The smallest absolute Gasteiger partial charge is 0.263 e. The third-order valence-electron chi connectivity index (χ3n) is 4.19. The first kappa shape index (κ1) is 18.8. The van der Waals surface area contributed by atoms with Crippen molar-refractivity contribution in [2.24, 2.45) is 0 Å². The zero-order chi connectivity index (χ0) is 20.3. The lowest BCUT2D eigenvalue weighted by Crippen LogP contribution is -2.16. The lowest BCUT2D eigenvalue weighted by molar-refractivity contribution is 0.295. The van der Waals surface area contributed by atoms with Gasteiger partial charge in [-0.05, 0) is 54.4 Å². The maximum atomic E-state index is 12.9. The van der Waals surface area contributed by atoms with E-state index in [-0.39, 0.29) is 23.2 Å². The number of pyridine rings is 1. The maximum Gasteiger partial charge on any atom is 0.263 e. The Morgan fingerprint density at radius 2 is 1.66 bits per heavy atom. The summed E-state index contributed by atoms with van der Waals surface area (Å²) in [5.41, 5.74) is 2.88. The number of anilines is 1. The van der Waals surface area contributed by atoms with E-state index in [4.69, 9.17) is 4.74 Å². The Morgan fingerprint density at radius 3 is 2.38 bits per heavy atom. The van der Waals surface area contributed by atoms with E-state index in [0.29, 0.717) is 11.0 Å². The molecule has 146 valence electrons. The molecule has 29 heavy (non-hydrogen) atoms. The lowest BCUT2D eigenvalue weighted by atomic mass is 10.2. The lowest BCUT2D eigenvalue weighted by Gasteiger charge is -2.13. The van der Waals surface area contributed by atoms with Crippen molar-refractivity contribution in [1.82, 2.24) is 15.0 Å². The van der Waals surface area contributed by atoms with Crippen LogP contribution in [0.15, 0.2) is 78.0 Å². The summed E-state index contributed by atoms with van der Waals surface area (Å²) >= 11 is 0. The van der Waals surface area contributed by atoms with Gasteiger partial charge in [0.15, 0.2) is 0 Å². The molecule has 0 aliphatic heterocycles. The molecule has 2 heterocycles. The second-order valence-corrected chi connectivity index (χ2v) is 8.11. The normalized spacial score (nSPS) is 11.3. The molecule has 0 aliphatic rings. The van der Waals surface area contributed by atoms with E-state index < -0.39 is 10.0 Å². The van der Waals surface area contributed by atoms with Gasteiger partial charge in [0.05, 0.1) is 15.9 Å². The third-order valence-corrected chi connectivity index (χ3v) is 5.53. The Balaban J connectivity index is 1.71. The zero-order valence-electron chi connectivity index (χ0n) is 15.6. The standard InChI is InChI=1S/C21H18N4O3S/c1-15-5-4-6-17(13-15)29(26,27)25-20-21(28-14-16-9-11-22-12-10-16)24-19-8-3-2-7-18(19)23-20/h2-13H,14H2,1H3,(H,23,25). The van der Waals surface area contributed by atoms with Gasteiger partial charge < -0.3 is 4.74 Å². The van der Waals surface area contributed by atoms with Crippen LogP contribution in [0.5, 0.6) is 5.88 Å². The van der Waals surface area contributed by atoms with Crippen LogP contribution in [0, 0.1) is 6.92 Å². The van der Waals surface area contributed by atoms with Gasteiger partial charge in [-0.2, -0.15) is 0 Å². The van der Waals surface area contributed by atoms with Gasteiger partial charge in [-0.15, -0.1) is 0 Å². The number of sulfonamides is 1. The third kappa shape index (κ3) is 4.33. The molecule has 0 aliphatic carbocycles. The molecule has 0 saturated carbocycles. The second-order valence-electron chi connectivity index (χ2n) is 6.43. The highest BCUT2D eigenvalue weighted by atomic mass is 32.2. The number of nitrogens with one attached hydrogen (secondary N) is 1. The zero-order valence-corrected chi connectivity index (χ0v) is 16.4. The van der Waals surface area contributed by atoms with E-state index in [1.54, 1.807) is 36.7 Å². The molecule has 0 bridgehead atoms. The first-order valence-electron chi connectivity index (χ1n) is 8.89. The van der Waals surface area contributed by atoms with E-state index in [2.05, 4.69) is 19.7 Å². The minimum absolute atomic E-state index is 0.0410. The van der Waals surface area contributed by atoms with E-state index >= 15 is 0 Å². The number of para-hydroxylation sites is 2. The molecule has 7 nitrogen and oxygen atoms in total. The Labute approximate surface area is 168 Å². The van der Waals surface area contributed by atoms with Crippen molar-refractivity contribution in [3.63, 3.8) is 0 Å². The molecular weight excluding hydrogens is 388 g/mol. The van der Waals surface area contributed by atoms with Crippen molar-refractivity contribution in [2.45, 2.75) is 18.4 Å². The van der Waals surface area contributed by atoms with Crippen molar-refractivity contribution in [2.75, 3.05) is 4.72 Å². The van der Waals surface area contributed by atoms with Crippen molar-refractivity contribution >= 4 is 26.9 Å². The topological polar surface area (TPSA) is 94.1 Å². The van der Waals surface area contributed by atoms with Gasteiger partial charge in [-0.1, -0.05) is 24.3 Å². The number of hydrogen-bond acceptors (Lipinski definition) is 6. The Kier molecular flexibility index (Phi) is 5.09. The molecular formula is C21H18N4O3S. The van der Waals surface area contributed by atoms with Crippen LogP contribution in [0.3, 0.4) is 0 Å². The highest BCUT2D eigenvalue weighted by Crippen LogP contribution is 2.27. The molecule has 2 aromatic carbocycles.